The fourth-order valence-corrected chi connectivity index (χ4v) is 3.94. The summed E-state index contributed by atoms with van der Waals surface area (Å²) in [4.78, 5) is 0. The second-order valence-corrected chi connectivity index (χ2v) is 7.00. The molecule has 3 atom stereocenters. The van der Waals surface area contributed by atoms with Gasteiger partial charge in [-0.2, -0.15) is 0 Å². The SMILES string of the molecule is CC1CCCC(NS(=O)(=O)Cc2ccon2)C1C. The van der Waals surface area contributed by atoms with Gasteiger partial charge in [-0.3, -0.25) is 0 Å². The van der Waals surface area contributed by atoms with Crippen molar-refractivity contribution in [2.75, 3.05) is 0 Å². The van der Waals surface area contributed by atoms with E-state index in [2.05, 4.69) is 28.2 Å². The van der Waals surface area contributed by atoms with Crippen molar-refractivity contribution < 1.29 is 12.9 Å². The van der Waals surface area contributed by atoms with Crippen LogP contribution in [0.15, 0.2) is 16.9 Å². The summed E-state index contributed by atoms with van der Waals surface area (Å²) in [6.07, 6.45) is 4.57. The molecule has 18 heavy (non-hydrogen) atoms. The third-order valence-corrected chi connectivity index (χ3v) is 5.20. The first-order chi connectivity index (χ1) is 8.48. The summed E-state index contributed by atoms with van der Waals surface area (Å²) in [6.45, 7) is 4.30. The minimum Gasteiger partial charge on any atom is -0.364 e. The van der Waals surface area contributed by atoms with Gasteiger partial charge in [0.15, 0.2) is 0 Å². The number of aromatic nitrogens is 1. The molecule has 1 heterocycles. The van der Waals surface area contributed by atoms with Crippen LogP contribution < -0.4 is 4.72 Å². The Balaban J connectivity index is 1.99. The summed E-state index contributed by atoms with van der Waals surface area (Å²) in [5.41, 5.74) is 0.444. The van der Waals surface area contributed by atoms with Crippen LogP contribution in [0.25, 0.3) is 0 Å². The van der Waals surface area contributed by atoms with Gasteiger partial charge in [0, 0.05) is 12.1 Å². The molecule has 1 fully saturated rings. The van der Waals surface area contributed by atoms with E-state index in [1.54, 1.807) is 6.07 Å². The highest BCUT2D eigenvalue weighted by atomic mass is 32.2. The lowest BCUT2D eigenvalue weighted by Gasteiger charge is -2.34. The molecule has 0 amide bonds. The average molecular weight is 272 g/mol. The Labute approximate surface area is 108 Å². The summed E-state index contributed by atoms with van der Waals surface area (Å²) in [6, 6.07) is 1.62. The molecular weight excluding hydrogens is 252 g/mol. The van der Waals surface area contributed by atoms with Crippen LogP contribution in [0.3, 0.4) is 0 Å². The quantitative estimate of drug-likeness (QED) is 0.909. The zero-order valence-electron chi connectivity index (χ0n) is 10.8. The number of hydrogen-bond donors (Lipinski definition) is 1. The zero-order valence-corrected chi connectivity index (χ0v) is 11.6. The molecule has 6 heteroatoms. The van der Waals surface area contributed by atoms with E-state index < -0.39 is 10.0 Å². The lowest BCUT2D eigenvalue weighted by Crippen LogP contribution is -2.44. The van der Waals surface area contributed by atoms with E-state index in [1.807, 2.05) is 0 Å². The molecule has 1 saturated carbocycles. The first kappa shape index (κ1) is 13.5. The van der Waals surface area contributed by atoms with Gasteiger partial charge in [0.1, 0.15) is 12.0 Å². The van der Waals surface area contributed by atoms with Gasteiger partial charge in [0.25, 0.3) is 0 Å². The molecule has 1 aromatic rings. The van der Waals surface area contributed by atoms with Gasteiger partial charge in [-0.15, -0.1) is 0 Å². The van der Waals surface area contributed by atoms with Crippen LogP contribution in [0, 0.1) is 11.8 Å². The summed E-state index contributed by atoms with van der Waals surface area (Å²) >= 11 is 0. The molecule has 0 spiro atoms. The van der Waals surface area contributed by atoms with Crippen LogP contribution in [0.2, 0.25) is 0 Å². The molecule has 1 N–H and O–H groups in total. The number of nitrogens with zero attached hydrogens (tertiary/aromatic N) is 1. The first-order valence-electron chi connectivity index (χ1n) is 6.37. The number of hydrogen-bond acceptors (Lipinski definition) is 4. The Bertz CT molecular complexity index is 470. The lowest BCUT2D eigenvalue weighted by molar-refractivity contribution is 0.227. The first-order valence-corrected chi connectivity index (χ1v) is 8.02. The highest BCUT2D eigenvalue weighted by Crippen LogP contribution is 2.30. The van der Waals surface area contributed by atoms with E-state index in [1.165, 1.54) is 12.7 Å². The van der Waals surface area contributed by atoms with E-state index >= 15 is 0 Å². The molecule has 3 unspecified atom stereocenters. The van der Waals surface area contributed by atoms with Crippen LogP contribution in [0.1, 0.15) is 38.8 Å². The van der Waals surface area contributed by atoms with Gasteiger partial charge in [0.2, 0.25) is 10.0 Å². The molecule has 0 saturated heterocycles. The van der Waals surface area contributed by atoms with Crippen molar-refractivity contribution in [3.05, 3.63) is 18.0 Å². The average Bonchev–Trinajstić information content (AvgIpc) is 2.76. The lowest BCUT2D eigenvalue weighted by atomic mass is 9.78. The summed E-state index contributed by atoms with van der Waals surface area (Å²) in [5.74, 6) is 0.838. The molecular formula is C12H20N2O3S. The van der Waals surface area contributed by atoms with Crippen molar-refractivity contribution in [2.24, 2.45) is 11.8 Å². The van der Waals surface area contributed by atoms with E-state index in [-0.39, 0.29) is 11.8 Å². The van der Waals surface area contributed by atoms with Crippen molar-refractivity contribution in [2.45, 2.75) is 44.9 Å². The number of nitrogens with one attached hydrogen (secondary N) is 1. The highest BCUT2D eigenvalue weighted by molar-refractivity contribution is 7.88. The van der Waals surface area contributed by atoms with Crippen LogP contribution in [0.5, 0.6) is 0 Å². The van der Waals surface area contributed by atoms with Crippen LogP contribution in [-0.2, 0) is 15.8 Å². The fraction of sp³-hybridized carbons (Fsp3) is 0.750. The topological polar surface area (TPSA) is 72.2 Å². The van der Waals surface area contributed by atoms with Crippen molar-refractivity contribution in [1.82, 2.24) is 9.88 Å². The minimum absolute atomic E-state index is 0.0469. The van der Waals surface area contributed by atoms with Crippen LogP contribution in [0.4, 0.5) is 0 Å². The standard InChI is InChI=1S/C12H20N2O3S/c1-9-4-3-5-12(10(9)2)14-18(15,16)8-11-6-7-17-13-11/h6-7,9-10,12,14H,3-5,8H2,1-2H3. The molecule has 102 valence electrons. The van der Waals surface area contributed by atoms with Crippen molar-refractivity contribution >= 4 is 10.0 Å². The maximum absolute atomic E-state index is 12.0. The Morgan fingerprint density at radius 3 is 2.89 bits per heavy atom. The predicted molar refractivity (Wildman–Crippen MR) is 68.2 cm³/mol. The second kappa shape index (κ2) is 5.40. The van der Waals surface area contributed by atoms with E-state index in [4.69, 9.17) is 0 Å². The smallest absolute Gasteiger partial charge is 0.217 e. The van der Waals surface area contributed by atoms with Gasteiger partial charge < -0.3 is 4.52 Å². The number of rotatable bonds is 4. The van der Waals surface area contributed by atoms with E-state index in [0.717, 1.165) is 12.8 Å². The highest BCUT2D eigenvalue weighted by Gasteiger charge is 2.30. The fourth-order valence-electron chi connectivity index (χ4n) is 2.53. The molecule has 0 bridgehead atoms. The summed E-state index contributed by atoms with van der Waals surface area (Å²) < 4.78 is 31.5. The molecule has 0 aliphatic heterocycles. The summed E-state index contributed by atoms with van der Waals surface area (Å²) in [5, 5.41) is 3.63. The van der Waals surface area contributed by atoms with Gasteiger partial charge in [-0.25, -0.2) is 13.1 Å². The molecule has 5 nitrogen and oxygen atoms in total. The Morgan fingerprint density at radius 1 is 1.44 bits per heavy atom. The molecule has 1 aromatic heterocycles. The monoisotopic (exact) mass is 272 g/mol. The zero-order chi connectivity index (χ0) is 13.2. The third-order valence-electron chi connectivity index (χ3n) is 3.87. The minimum atomic E-state index is -3.33. The maximum atomic E-state index is 12.0. The van der Waals surface area contributed by atoms with Crippen molar-refractivity contribution in [1.29, 1.82) is 0 Å². The largest absolute Gasteiger partial charge is 0.364 e. The van der Waals surface area contributed by atoms with Crippen LogP contribution >= 0.6 is 0 Å². The second-order valence-electron chi connectivity index (χ2n) is 5.24. The molecule has 1 aliphatic carbocycles. The molecule has 0 aromatic carbocycles. The van der Waals surface area contributed by atoms with Gasteiger partial charge in [-0.1, -0.05) is 31.8 Å². The van der Waals surface area contributed by atoms with E-state index in [0.29, 0.717) is 17.5 Å². The van der Waals surface area contributed by atoms with Crippen molar-refractivity contribution in [3.63, 3.8) is 0 Å². The van der Waals surface area contributed by atoms with Gasteiger partial charge >= 0.3 is 0 Å². The molecule has 2 rings (SSSR count). The predicted octanol–water partition coefficient (Wildman–Crippen LogP) is 1.92. The number of sulfonamides is 1. The van der Waals surface area contributed by atoms with E-state index in [9.17, 15) is 8.42 Å². The molecule has 1 aliphatic rings. The van der Waals surface area contributed by atoms with Crippen molar-refractivity contribution in [3.8, 4) is 0 Å². The van der Waals surface area contributed by atoms with Gasteiger partial charge in [0.05, 0.1) is 5.69 Å². The molecule has 0 radical (unpaired) electrons. The Kier molecular flexibility index (Phi) is 4.07. The van der Waals surface area contributed by atoms with Gasteiger partial charge in [-0.05, 0) is 18.3 Å². The third kappa shape index (κ3) is 3.32. The Morgan fingerprint density at radius 2 is 2.22 bits per heavy atom. The maximum Gasteiger partial charge on any atom is 0.217 e. The Hall–Kier alpha value is -0.880. The van der Waals surface area contributed by atoms with Crippen LogP contribution in [-0.4, -0.2) is 19.6 Å². The summed E-state index contributed by atoms with van der Waals surface area (Å²) in [7, 11) is -3.33. The normalized spacial score (nSPS) is 29.3.